The predicted octanol–water partition coefficient (Wildman–Crippen LogP) is 1.03. The van der Waals surface area contributed by atoms with E-state index in [1.165, 1.54) is 43.0 Å². The monoisotopic (exact) mass is 319 g/mol. The number of amides is 1. The zero-order chi connectivity index (χ0) is 16.2. The average molecular weight is 319 g/mol. The standard InChI is InChI=1S/C17H25N3O3/c21-15-5-4-10-20(17(15)23)13-16(22)19-11-6-14(7-12-19)18-8-2-1-3-9-18/h4-5,10,14,21H,1-3,6-9,11-13H2. The summed E-state index contributed by atoms with van der Waals surface area (Å²) in [6.07, 6.45) is 7.49. The van der Waals surface area contributed by atoms with Gasteiger partial charge in [-0.2, -0.15) is 0 Å². The number of piperidine rings is 2. The van der Waals surface area contributed by atoms with Crippen molar-refractivity contribution in [3.63, 3.8) is 0 Å². The molecule has 1 aromatic rings. The molecule has 0 saturated carbocycles. The lowest BCUT2D eigenvalue weighted by Crippen LogP contribution is -2.49. The van der Waals surface area contributed by atoms with Gasteiger partial charge in [-0.3, -0.25) is 9.59 Å². The van der Waals surface area contributed by atoms with Crippen LogP contribution in [0.5, 0.6) is 5.75 Å². The van der Waals surface area contributed by atoms with E-state index < -0.39 is 5.56 Å². The summed E-state index contributed by atoms with van der Waals surface area (Å²) in [5.41, 5.74) is -0.510. The van der Waals surface area contributed by atoms with E-state index in [9.17, 15) is 14.7 Å². The van der Waals surface area contributed by atoms with E-state index in [4.69, 9.17) is 0 Å². The van der Waals surface area contributed by atoms with Crippen LogP contribution in [0.3, 0.4) is 0 Å². The number of pyridine rings is 1. The highest BCUT2D eigenvalue weighted by molar-refractivity contribution is 5.76. The van der Waals surface area contributed by atoms with Crippen LogP contribution < -0.4 is 5.56 Å². The fraction of sp³-hybridized carbons (Fsp3) is 0.647. The van der Waals surface area contributed by atoms with E-state index in [2.05, 4.69) is 4.90 Å². The van der Waals surface area contributed by atoms with Gasteiger partial charge in [-0.05, 0) is 50.9 Å². The molecule has 2 aliphatic rings. The molecule has 1 aromatic heterocycles. The number of aromatic nitrogens is 1. The molecule has 0 aliphatic carbocycles. The second kappa shape index (κ2) is 7.17. The summed E-state index contributed by atoms with van der Waals surface area (Å²) in [5, 5.41) is 9.44. The lowest BCUT2D eigenvalue weighted by molar-refractivity contribution is -0.133. The summed E-state index contributed by atoms with van der Waals surface area (Å²) in [4.78, 5) is 28.6. The average Bonchev–Trinajstić information content (AvgIpc) is 2.60. The second-order valence-corrected chi connectivity index (χ2v) is 6.54. The lowest BCUT2D eigenvalue weighted by atomic mass is 10.00. The summed E-state index contributed by atoms with van der Waals surface area (Å²) in [7, 11) is 0. The van der Waals surface area contributed by atoms with Gasteiger partial charge in [-0.15, -0.1) is 0 Å². The minimum absolute atomic E-state index is 0.00160. The van der Waals surface area contributed by atoms with Gasteiger partial charge in [-0.25, -0.2) is 0 Å². The first-order valence-electron chi connectivity index (χ1n) is 8.55. The maximum absolute atomic E-state index is 12.4. The normalized spacial score (nSPS) is 20.6. The molecular formula is C17H25N3O3. The molecule has 1 amide bonds. The Morgan fingerprint density at radius 2 is 1.83 bits per heavy atom. The minimum Gasteiger partial charge on any atom is -0.503 e. The molecule has 0 unspecified atom stereocenters. The number of nitrogens with zero attached hydrogens (tertiary/aromatic N) is 3. The van der Waals surface area contributed by atoms with Crippen molar-refractivity contribution in [2.45, 2.75) is 44.7 Å². The largest absolute Gasteiger partial charge is 0.503 e. The molecule has 2 aliphatic heterocycles. The maximum Gasteiger partial charge on any atom is 0.293 e. The van der Waals surface area contributed by atoms with Crippen LogP contribution in [-0.4, -0.2) is 57.6 Å². The van der Waals surface area contributed by atoms with Crippen molar-refractivity contribution in [3.05, 3.63) is 28.7 Å². The van der Waals surface area contributed by atoms with Crippen molar-refractivity contribution >= 4 is 5.91 Å². The van der Waals surface area contributed by atoms with Gasteiger partial charge in [0.15, 0.2) is 5.75 Å². The van der Waals surface area contributed by atoms with Gasteiger partial charge in [0.1, 0.15) is 6.54 Å². The van der Waals surface area contributed by atoms with Gasteiger partial charge in [-0.1, -0.05) is 6.42 Å². The van der Waals surface area contributed by atoms with Crippen molar-refractivity contribution in [1.29, 1.82) is 0 Å². The van der Waals surface area contributed by atoms with E-state index in [1.54, 1.807) is 12.3 Å². The molecule has 0 radical (unpaired) electrons. The number of carbonyl (C=O) groups excluding carboxylic acids is 1. The highest BCUT2D eigenvalue weighted by Gasteiger charge is 2.27. The minimum atomic E-state index is -0.510. The number of carbonyl (C=O) groups is 1. The van der Waals surface area contributed by atoms with Crippen molar-refractivity contribution in [3.8, 4) is 5.75 Å². The molecule has 0 bridgehead atoms. The smallest absolute Gasteiger partial charge is 0.293 e. The maximum atomic E-state index is 12.4. The molecule has 6 nitrogen and oxygen atoms in total. The van der Waals surface area contributed by atoms with Crippen molar-refractivity contribution in [1.82, 2.24) is 14.4 Å². The van der Waals surface area contributed by atoms with Crippen LogP contribution in [-0.2, 0) is 11.3 Å². The van der Waals surface area contributed by atoms with Gasteiger partial charge < -0.3 is 19.5 Å². The van der Waals surface area contributed by atoms with Gasteiger partial charge in [0.25, 0.3) is 5.56 Å². The van der Waals surface area contributed by atoms with E-state index in [-0.39, 0.29) is 18.2 Å². The summed E-state index contributed by atoms with van der Waals surface area (Å²) < 4.78 is 1.27. The Morgan fingerprint density at radius 1 is 1.13 bits per heavy atom. The summed E-state index contributed by atoms with van der Waals surface area (Å²) in [6, 6.07) is 3.52. The van der Waals surface area contributed by atoms with Crippen LogP contribution in [0.1, 0.15) is 32.1 Å². The molecule has 0 atom stereocenters. The quantitative estimate of drug-likeness (QED) is 0.904. The van der Waals surface area contributed by atoms with Crippen LogP contribution in [0, 0.1) is 0 Å². The van der Waals surface area contributed by atoms with Crippen molar-refractivity contribution in [2.24, 2.45) is 0 Å². The van der Waals surface area contributed by atoms with Crippen LogP contribution >= 0.6 is 0 Å². The van der Waals surface area contributed by atoms with Crippen LogP contribution in [0.4, 0.5) is 0 Å². The molecule has 0 spiro atoms. The molecule has 2 saturated heterocycles. The highest BCUT2D eigenvalue weighted by Crippen LogP contribution is 2.21. The molecule has 6 heteroatoms. The van der Waals surface area contributed by atoms with Crippen molar-refractivity contribution < 1.29 is 9.90 Å². The number of rotatable bonds is 3. The van der Waals surface area contributed by atoms with Gasteiger partial charge in [0.05, 0.1) is 0 Å². The summed E-state index contributed by atoms with van der Waals surface area (Å²) in [5.74, 6) is -0.362. The molecule has 126 valence electrons. The first-order chi connectivity index (χ1) is 11.1. The topological polar surface area (TPSA) is 65.8 Å². The molecule has 2 fully saturated rings. The lowest BCUT2D eigenvalue weighted by Gasteiger charge is -2.40. The predicted molar refractivity (Wildman–Crippen MR) is 87.4 cm³/mol. The fourth-order valence-corrected chi connectivity index (χ4v) is 3.66. The Labute approximate surface area is 136 Å². The first kappa shape index (κ1) is 16.1. The molecule has 3 heterocycles. The number of hydrogen-bond donors (Lipinski definition) is 1. The Balaban J connectivity index is 1.54. The number of aromatic hydroxyl groups is 1. The SMILES string of the molecule is O=C(Cn1cccc(O)c1=O)N1CCC(N2CCCCC2)CC1. The molecule has 1 N–H and O–H groups in total. The third-order valence-corrected chi connectivity index (χ3v) is 5.03. The van der Waals surface area contributed by atoms with E-state index in [1.807, 2.05) is 4.90 Å². The van der Waals surface area contributed by atoms with Gasteiger partial charge >= 0.3 is 0 Å². The number of likely N-dealkylation sites (tertiary alicyclic amines) is 2. The summed E-state index contributed by atoms with van der Waals surface area (Å²) in [6.45, 7) is 3.90. The van der Waals surface area contributed by atoms with Crippen LogP contribution in [0.25, 0.3) is 0 Å². The second-order valence-electron chi connectivity index (χ2n) is 6.54. The Hall–Kier alpha value is -1.82. The number of hydrogen-bond acceptors (Lipinski definition) is 4. The van der Waals surface area contributed by atoms with E-state index >= 15 is 0 Å². The van der Waals surface area contributed by atoms with Gasteiger partial charge in [0.2, 0.25) is 5.91 Å². The van der Waals surface area contributed by atoms with Gasteiger partial charge in [0, 0.05) is 25.3 Å². The van der Waals surface area contributed by atoms with Crippen LogP contribution in [0.15, 0.2) is 23.1 Å². The van der Waals surface area contributed by atoms with E-state index in [0.717, 1.165) is 25.9 Å². The summed E-state index contributed by atoms with van der Waals surface area (Å²) >= 11 is 0. The first-order valence-corrected chi connectivity index (χ1v) is 8.55. The third kappa shape index (κ3) is 3.75. The zero-order valence-electron chi connectivity index (χ0n) is 13.5. The Morgan fingerprint density at radius 3 is 2.52 bits per heavy atom. The van der Waals surface area contributed by atoms with Crippen LogP contribution in [0.2, 0.25) is 0 Å². The Bertz CT molecular complexity index is 599. The molecule has 23 heavy (non-hydrogen) atoms. The fourth-order valence-electron chi connectivity index (χ4n) is 3.66. The molecule has 0 aromatic carbocycles. The zero-order valence-corrected chi connectivity index (χ0v) is 13.5. The molecular weight excluding hydrogens is 294 g/mol. The third-order valence-electron chi connectivity index (χ3n) is 5.03. The highest BCUT2D eigenvalue weighted by atomic mass is 16.3. The molecule has 3 rings (SSSR count). The van der Waals surface area contributed by atoms with E-state index in [0.29, 0.717) is 6.04 Å². The van der Waals surface area contributed by atoms with Crippen molar-refractivity contribution in [2.75, 3.05) is 26.2 Å². The Kier molecular flexibility index (Phi) is 5.00.